The standard InChI is InChI=1S/C20H30O3/c1-6-18(4)11-16(22)19(5)12(2)7-8-20(13(3)17(18)23)10-14(21)9-15(19)20/h6,9,12-13,16-17,22-23H,1,7-8,10-11H2,2-5H3/t12-,13+,16-,17+,18-,19-,20+/m1/s1. The number of carbonyl (C=O) groups is 1. The molecule has 3 heteroatoms. The second kappa shape index (κ2) is 5.03. The topological polar surface area (TPSA) is 57.5 Å². The highest BCUT2D eigenvalue weighted by atomic mass is 16.3. The largest absolute Gasteiger partial charge is 0.392 e. The lowest BCUT2D eigenvalue weighted by Gasteiger charge is -2.59. The van der Waals surface area contributed by atoms with E-state index in [2.05, 4.69) is 27.4 Å². The summed E-state index contributed by atoms with van der Waals surface area (Å²) >= 11 is 0. The molecule has 128 valence electrons. The minimum Gasteiger partial charge on any atom is -0.392 e. The van der Waals surface area contributed by atoms with Crippen LogP contribution in [0.2, 0.25) is 0 Å². The highest BCUT2D eigenvalue weighted by molar-refractivity contribution is 5.95. The average molecular weight is 318 g/mol. The normalized spacial score (nSPS) is 53.1. The third-order valence-electron chi connectivity index (χ3n) is 7.77. The molecule has 0 heterocycles. The molecule has 0 aromatic rings. The van der Waals surface area contributed by atoms with Crippen molar-refractivity contribution in [3.63, 3.8) is 0 Å². The van der Waals surface area contributed by atoms with Crippen LogP contribution < -0.4 is 0 Å². The number of carbonyl (C=O) groups excluding carboxylic acids is 1. The van der Waals surface area contributed by atoms with Gasteiger partial charge in [0.25, 0.3) is 0 Å². The van der Waals surface area contributed by atoms with Gasteiger partial charge in [-0.15, -0.1) is 6.58 Å². The average Bonchev–Trinajstić information content (AvgIpc) is 2.87. The van der Waals surface area contributed by atoms with Crippen molar-refractivity contribution in [3.05, 3.63) is 24.3 Å². The SMILES string of the molecule is C=C[C@]1(C)C[C@@H](O)[C@@]2(C)C3=CC(=O)C[C@@]3(CC[C@H]2C)[C@@H](C)[C@@H]1O. The Kier molecular flexibility index (Phi) is 3.70. The van der Waals surface area contributed by atoms with Gasteiger partial charge in [0, 0.05) is 22.7 Å². The van der Waals surface area contributed by atoms with Gasteiger partial charge in [0.2, 0.25) is 0 Å². The maximum absolute atomic E-state index is 12.4. The predicted octanol–water partition coefficient (Wildman–Crippen LogP) is 3.26. The number of hydrogen-bond acceptors (Lipinski definition) is 3. The molecule has 2 bridgehead atoms. The zero-order valence-corrected chi connectivity index (χ0v) is 14.8. The molecule has 0 aliphatic heterocycles. The zero-order chi connectivity index (χ0) is 17.2. The first-order valence-corrected chi connectivity index (χ1v) is 8.87. The first-order chi connectivity index (χ1) is 10.6. The van der Waals surface area contributed by atoms with Crippen molar-refractivity contribution in [3.8, 4) is 0 Å². The van der Waals surface area contributed by atoms with Gasteiger partial charge in [-0.25, -0.2) is 0 Å². The molecule has 0 aromatic heterocycles. The summed E-state index contributed by atoms with van der Waals surface area (Å²) in [6.45, 7) is 12.3. The molecule has 0 spiro atoms. The van der Waals surface area contributed by atoms with Gasteiger partial charge >= 0.3 is 0 Å². The van der Waals surface area contributed by atoms with Crippen LogP contribution in [-0.4, -0.2) is 28.2 Å². The van der Waals surface area contributed by atoms with Crippen LogP contribution in [0.1, 0.15) is 53.4 Å². The smallest absolute Gasteiger partial charge is 0.156 e. The fourth-order valence-electron chi connectivity index (χ4n) is 5.68. The first kappa shape index (κ1) is 16.9. The molecule has 0 amide bonds. The van der Waals surface area contributed by atoms with Crippen molar-refractivity contribution in [2.75, 3.05) is 0 Å². The second-order valence-electron chi connectivity index (χ2n) is 8.74. The van der Waals surface area contributed by atoms with Gasteiger partial charge in [0.1, 0.15) is 0 Å². The maximum Gasteiger partial charge on any atom is 0.156 e. The number of hydrogen-bond donors (Lipinski definition) is 2. The summed E-state index contributed by atoms with van der Waals surface area (Å²) in [7, 11) is 0. The van der Waals surface area contributed by atoms with E-state index in [1.807, 2.05) is 6.92 Å². The Morgan fingerprint density at radius 3 is 2.57 bits per heavy atom. The Bertz CT molecular complexity index is 579. The quantitative estimate of drug-likeness (QED) is 0.730. The van der Waals surface area contributed by atoms with Crippen LogP contribution in [0.4, 0.5) is 0 Å². The van der Waals surface area contributed by atoms with Crippen LogP contribution in [0.15, 0.2) is 24.3 Å². The Hall–Kier alpha value is -0.930. The van der Waals surface area contributed by atoms with Gasteiger partial charge in [-0.1, -0.05) is 39.3 Å². The van der Waals surface area contributed by atoms with Crippen LogP contribution >= 0.6 is 0 Å². The van der Waals surface area contributed by atoms with E-state index in [0.29, 0.717) is 18.8 Å². The molecule has 3 rings (SSSR count). The molecule has 2 fully saturated rings. The van der Waals surface area contributed by atoms with Gasteiger partial charge in [-0.2, -0.15) is 0 Å². The molecule has 0 unspecified atom stereocenters. The summed E-state index contributed by atoms with van der Waals surface area (Å²) in [5.74, 6) is 0.440. The molecule has 2 saturated carbocycles. The lowest BCUT2D eigenvalue weighted by atomic mass is 9.46. The second-order valence-corrected chi connectivity index (χ2v) is 8.74. The molecule has 0 aromatic carbocycles. The number of ketones is 1. The Balaban J connectivity index is 2.23. The van der Waals surface area contributed by atoms with Crippen LogP contribution in [-0.2, 0) is 4.79 Å². The zero-order valence-electron chi connectivity index (χ0n) is 14.8. The molecule has 7 atom stereocenters. The number of rotatable bonds is 1. The molecule has 0 saturated heterocycles. The summed E-state index contributed by atoms with van der Waals surface area (Å²) in [4.78, 5) is 12.4. The molecule has 3 aliphatic carbocycles. The monoisotopic (exact) mass is 318 g/mol. The van der Waals surface area contributed by atoms with Crippen molar-refractivity contribution in [1.82, 2.24) is 0 Å². The van der Waals surface area contributed by atoms with E-state index in [-0.39, 0.29) is 17.1 Å². The third-order valence-corrected chi connectivity index (χ3v) is 7.77. The number of allylic oxidation sites excluding steroid dienone is 1. The minimum absolute atomic E-state index is 0.0254. The van der Waals surface area contributed by atoms with Crippen molar-refractivity contribution in [2.24, 2.45) is 28.1 Å². The minimum atomic E-state index is -0.609. The van der Waals surface area contributed by atoms with E-state index in [9.17, 15) is 15.0 Å². The summed E-state index contributed by atoms with van der Waals surface area (Å²) in [5.41, 5.74) is -0.146. The molecular weight excluding hydrogens is 288 g/mol. The van der Waals surface area contributed by atoms with Crippen LogP contribution in [0, 0.1) is 28.1 Å². The van der Waals surface area contributed by atoms with Crippen LogP contribution in [0.25, 0.3) is 0 Å². The Labute approximate surface area is 139 Å². The number of aliphatic hydroxyl groups is 2. The molecular formula is C20H30O3. The molecule has 23 heavy (non-hydrogen) atoms. The van der Waals surface area contributed by atoms with Crippen LogP contribution in [0.5, 0.6) is 0 Å². The Morgan fingerprint density at radius 2 is 1.96 bits per heavy atom. The number of aliphatic hydroxyl groups excluding tert-OH is 2. The van der Waals surface area contributed by atoms with E-state index in [4.69, 9.17) is 0 Å². The fourth-order valence-corrected chi connectivity index (χ4v) is 5.68. The van der Waals surface area contributed by atoms with E-state index >= 15 is 0 Å². The van der Waals surface area contributed by atoms with E-state index < -0.39 is 23.0 Å². The van der Waals surface area contributed by atoms with E-state index in [1.54, 1.807) is 12.2 Å². The predicted molar refractivity (Wildman–Crippen MR) is 90.7 cm³/mol. The first-order valence-electron chi connectivity index (χ1n) is 8.87. The summed E-state index contributed by atoms with van der Waals surface area (Å²) in [5, 5.41) is 22.2. The Morgan fingerprint density at radius 1 is 1.30 bits per heavy atom. The van der Waals surface area contributed by atoms with Crippen molar-refractivity contribution >= 4 is 5.78 Å². The summed E-state index contributed by atoms with van der Waals surface area (Å²) in [6.07, 6.45) is 5.25. The third kappa shape index (κ3) is 1.99. The van der Waals surface area contributed by atoms with Crippen molar-refractivity contribution < 1.29 is 15.0 Å². The lowest BCUT2D eigenvalue weighted by molar-refractivity contribution is -0.127. The molecule has 0 radical (unpaired) electrons. The summed E-state index contributed by atoms with van der Waals surface area (Å²) < 4.78 is 0. The fraction of sp³-hybridized carbons (Fsp3) is 0.750. The van der Waals surface area contributed by atoms with Gasteiger partial charge in [-0.3, -0.25) is 4.79 Å². The van der Waals surface area contributed by atoms with Gasteiger partial charge in [0.15, 0.2) is 5.78 Å². The molecule has 3 nitrogen and oxygen atoms in total. The maximum atomic E-state index is 12.4. The summed E-state index contributed by atoms with van der Waals surface area (Å²) in [6, 6.07) is 0. The van der Waals surface area contributed by atoms with Crippen molar-refractivity contribution in [2.45, 2.75) is 65.6 Å². The van der Waals surface area contributed by atoms with Crippen LogP contribution in [0.3, 0.4) is 0 Å². The highest BCUT2D eigenvalue weighted by Crippen LogP contribution is 2.65. The van der Waals surface area contributed by atoms with E-state index in [0.717, 1.165) is 18.4 Å². The highest BCUT2D eigenvalue weighted by Gasteiger charge is 2.62. The lowest BCUT2D eigenvalue weighted by Crippen LogP contribution is -2.58. The van der Waals surface area contributed by atoms with Gasteiger partial charge in [-0.05, 0) is 37.2 Å². The van der Waals surface area contributed by atoms with E-state index in [1.165, 1.54) is 0 Å². The van der Waals surface area contributed by atoms with Gasteiger partial charge in [0.05, 0.1) is 12.2 Å². The molecule has 2 N–H and O–H groups in total. The van der Waals surface area contributed by atoms with Gasteiger partial charge < -0.3 is 10.2 Å². The van der Waals surface area contributed by atoms with Crippen molar-refractivity contribution in [1.29, 1.82) is 0 Å². The molecule has 3 aliphatic rings.